The van der Waals surface area contributed by atoms with Crippen molar-refractivity contribution >= 4 is 26.2 Å². The molecule has 0 atom stereocenters. The molecule has 0 rings (SSSR count). The summed E-state index contributed by atoms with van der Waals surface area (Å²) in [6.45, 7) is 20.1. The maximum absolute atomic E-state index is 6.12. The van der Waals surface area contributed by atoms with Crippen LogP contribution in [0.25, 0.3) is 0 Å². The Labute approximate surface area is 181 Å². The van der Waals surface area contributed by atoms with Crippen LogP contribution in [0.3, 0.4) is 0 Å². The van der Waals surface area contributed by atoms with Crippen LogP contribution >= 0.6 is 0 Å². The van der Waals surface area contributed by atoms with Crippen LogP contribution in [0.2, 0.25) is 25.2 Å². The second kappa shape index (κ2) is 16.0. The predicted molar refractivity (Wildman–Crippen MR) is 120 cm³/mol. The average Bonchev–Trinajstić information content (AvgIpc) is 2.63. The minimum Gasteiger partial charge on any atom is -0.395 e. The molecular weight excluding hydrogens is 428 g/mol. The fourth-order valence-corrected chi connectivity index (χ4v) is 9.28. The van der Waals surface area contributed by atoms with Crippen LogP contribution in [0.5, 0.6) is 0 Å². The molecule has 0 radical (unpaired) electrons. The minimum absolute atomic E-state index is 0.483. The van der Waals surface area contributed by atoms with Crippen LogP contribution < -0.4 is 0 Å². The van der Waals surface area contributed by atoms with E-state index in [0.717, 1.165) is 0 Å². The fourth-order valence-electron chi connectivity index (χ4n) is 2.89. The Morgan fingerprint density at radius 3 is 0.862 bits per heavy atom. The van der Waals surface area contributed by atoms with Crippen LogP contribution in [0, 0.1) is 0 Å². The summed E-state index contributed by atoms with van der Waals surface area (Å²) in [5.41, 5.74) is 0. The second-order valence-corrected chi connectivity index (χ2v) is 15.4. The van der Waals surface area contributed by atoms with Crippen molar-refractivity contribution in [2.45, 2.75) is 66.7 Å². The van der Waals surface area contributed by atoms with E-state index in [1.165, 1.54) is 0 Å². The van der Waals surface area contributed by atoms with Crippen LogP contribution in [0.1, 0.15) is 41.5 Å². The average molecular weight is 473 g/mol. The molecule has 0 bridgehead atoms. The molecule has 0 aliphatic heterocycles. The molecule has 0 fully saturated rings. The summed E-state index contributed by atoms with van der Waals surface area (Å²) >= 11 is 0. The third kappa shape index (κ3) is 12.1. The van der Waals surface area contributed by atoms with E-state index in [9.17, 15) is 0 Å². The smallest absolute Gasteiger partial charge is 0.395 e. The van der Waals surface area contributed by atoms with Gasteiger partial charge in [-0.25, -0.2) is 0 Å². The molecule has 0 saturated heterocycles. The fraction of sp³-hybridized carbons (Fsp3) is 1.00. The van der Waals surface area contributed by atoms with Crippen LogP contribution in [-0.2, 0) is 35.4 Å². The van der Waals surface area contributed by atoms with Crippen molar-refractivity contribution in [3.8, 4) is 0 Å². The largest absolute Gasteiger partial charge is 0.503 e. The molecule has 0 aromatic heterocycles. The quantitative estimate of drug-likeness (QED) is 0.248. The topological polar surface area (TPSA) is 73.8 Å². The highest BCUT2D eigenvalue weighted by atomic mass is 28.4. The van der Waals surface area contributed by atoms with Gasteiger partial charge in [0.25, 0.3) is 0 Å². The van der Waals surface area contributed by atoms with E-state index >= 15 is 0 Å². The van der Waals surface area contributed by atoms with Crippen molar-refractivity contribution in [2.75, 3.05) is 52.9 Å². The highest BCUT2D eigenvalue weighted by Gasteiger charge is 2.42. The minimum atomic E-state index is -2.70. The van der Waals surface area contributed by atoms with Crippen molar-refractivity contribution < 1.29 is 35.4 Å². The molecular formula is C18H44O8Si3. The molecule has 0 spiro atoms. The monoisotopic (exact) mass is 472 g/mol. The lowest BCUT2D eigenvalue weighted by Gasteiger charge is -2.31. The molecule has 11 heteroatoms. The molecule has 0 amide bonds. The molecule has 8 nitrogen and oxygen atoms in total. The van der Waals surface area contributed by atoms with E-state index in [4.69, 9.17) is 35.4 Å². The lowest BCUT2D eigenvalue weighted by molar-refractivity contribution is 0.0626. The third-order valence-electron chi connectivity index (χ3n) is 3.90. The van der Waals surface area contributed by atoms with Crippen molar-refractivity contribution in [2.24, 2.45) is 0 Å². The van der Waals surface area contributed by atoms with E-state index in [-0.39, 0.29) is 0 Å². The molecule has 0 N–H and O–H groups in total. The molecule has 0 aliphatic rings. The van der Waals surface area contributed by atoms with Gasteiger partial charge in [0.2, 0.25) is 0 Å². The van der Waals surface area contributed by atoms with Gasteiger partial charge >= 0.3 is 26.2 Å². The van der Waals surface area contributed by atoms with E-state index in [2.05, 4.69) is 0 Å². The summed E-state index contributed by atoms with van der Waals surface area (Å²) in [5, 5.41) is 0. The van der Waals surface area contributed by atoms with Gasteiger partial charge in [0.05, 0.1) is 0 Å². The highest BCUT2D eigenvalue weighted by Crippen LogP contribution is 2.20. The standard InChI is InChI=1S/C18H44O8Si3/c1-9-19-28(20-10-2,21-11-3)17-15-25-27(7,8)26-16-18-29(22-12-4,23-13-5)24-14-6/h9-18H2,1-8H3. The van der Waals surface area contributed by atoms with Gasteiger partial charge in [-0.15, -0.1) is 0 Å². The van der Waals surface area contributed by atoms with Gasteiger partial charge in [0, 0.05) is 64.9 Å². The summed E-state index contributed by atoms with van der Waals surface area (Å²) in [7, 11) is -7.73. The number of hydrogen-bond donors (Lipinski definition) is 0. The van der Waals surface area contributed by atoms with Gasteiger partial charge in [0.1, 0.15) is 0 Å². The van der Waals surface area contributed by atoms with E-state index in [1.807, 2.05) is 54.6 Å². The molecule has 0 heterocycles. The van der Waals surface area contributed by atoms with Crippen molar-refractivity contribution in [1.29, 1.82) is 0 Å². The Balaban J connectivity index is 4.69. The first kappa shape index (κ1) is 29.3. The Morgan fingerprint density at radius 2 is 0.655 bits per heavy atom. The van der Waals surface area contributed by atoms with Gasteiger partial charge in [-0.05, 0) is 54.6 Å². The van der Waals surface area contributed by atoms with Gasteiger partial charge in [-0.2, -0.15) is 0 Å². The first-order valence-corrected chi connectivity index (χ1v) is 17.6. The summed E-state index contributed by atoms with van der Waals surface area (Å²) in [6.07, 6.45) is 0. The van der Waals surface area contributed by atoms with Crippen molar-refractivity contribution in [3.63, 3.8) is 0 Å². The third-order valence-corrected chi connectivity index (χ3v) is 11.7. The molecule has 0 aromatic carbocycles. The highest BCUT2D eigenvalue weighted by molar-refractivity contribution is 6.65. The van der Waals surface area contributed by atoms with E-state index < -0.39 is 26.2 Å². The van der Waals surface area contributed by atoms with Gasteiger partial charge < -0.3 is 35.4 Å². The molecule has 0 unspecified atom stereocenters. The predicted octanol–water partition coefficient (Wildman–Crippen LogP) is 3.82. The first-order chi connectivity index (χ1) is 13.8. The Kier molecular flexibility index (Phi) is 16.2. The van der Waals surface area contributed by atoms with Gasteiger partial charge in [0.15, 0.2) is 0 Å². The van der Waals surface area contributed by atoms with Gasteiger partial charge in [-0.1, -0.05) is 0 Å². The zero-order valence-corrected chi connectivity index (χ0v) is 22.8. The summed E-state index contributed by atoms with van der Waals surface area (Å²) in [5.74, 6) is 0. The number of rotatable bonds is 20. The first-order valence-electron chi connectivity index (χ1n) is 10.9. The Morgan fingerprint density at radius 1 is 0.414 bits per heavy atom. The lowest BCUT2D eigenvalue weighted by atomic mass is 10.9. The van der Waals surface area contributed by atoms with Crippen LogP contribution in [0.4, 0.5) is 0 Å². The van der Waals surface area contributed by atoms with Gasteiger partial charge in [-0.3, -0.25) is 0 Å². The Bertz CT molecular complexity index is 333. The van der Waals surface area contributed by atoms with E-state index in [1.54, 1.807) is 0 Å². The molecule has 0 saturated carbocycles. The summed E-state index contributed by atoms with van der Waals surface area (Å²) < 4.78 is 47.5. The van der Waals surface area contributed by atoms with Crippen molar-refractivity contribution in [3.05, 3.63) is 0 Å². The molecule has 29 heavy (non-hydrogen) atoms. The SMILES string of the molecule is CCO[Si](CCO[Si](C)(C)OCC[Si](OCC)(OCC)OCC)(OCC)OCC. The maximum Gasteiger partial charge on any atom is 0.503 e. The normalized spacial score (nSPS) is 13.2. The molecule has 0 aromatic rings. The molecule has 0 aliphatic carbocycles. The van der Waals surface area contributed by atoms with E-state index in [0.29, 0.717) is 64.9 Å². The maximum atomic E-state index is 6.12. The zero-order valence-electron chi connectivity index (χ0n) is 19.8. The second-order valence-electron chi connectivity index (χ2n) is 6.56. The summed E-state index contributed by atoms with van der Waals surface area (Å²) in [4.78, 5) is 0. The summed E-state index contributed by atoms with van der Waals surface area (Å²) in [6, 6.07) is 1.22. The van der Waals surface area contributed by atoms with Crippen molar-refractivity contribution in [1.82, 2.24) is 0 Å². The lowest BCUT2D eigenvalue weighted by Crippen LogP contribution is -2.49. The Hall–Kier alpha value is 0.331. The molecule has 176 valence electrons. The van der Waals surface area contributed by atoms with Crippen LogP contribution in [0.15, 0.2) is 0 Å². The number of hydrogen-bond acceptors (Lipinski definition) is 8. The van der Waals surface area contributed by atoms with Crippen LogP contribution in [-0.4, -0.2) is 79.0 Å². The zero-order chi connectivity index (χ0) is 22.2.